The molecule has 0 bridgehead atoms. The molecular weight excluding hydrogens is 292 g/mol. The number of imidazole rings is 1. The molecule has 4 nitrogen and oxygen atoms in total. The Bertz CT molecular complexity index is 838. The van der Waals surface area contributed by atoms with Crippen molar-refractivity contribution < 1.29 is 0 Å². The van der Waals surface area contributed by atoms with Gasteiger partial charge in [0.25, 0.3) is 0 Å². The van der Waals surface area contributed by atoms with Crippen molar-refractivity contribution in [3.05, 3.63) is 48.5 Å². The number of para-hydroxylation sites is 2. The lowest BCUT2D eigenvalue weighted by atomic mass is 10.1. The second-order valence-corrected chi connectivity index (χ2v) is 5.94. The summed E-state index contributed by atoms with van der Waals surface area (Å²) < 4.78 is 2.16. The molecule has 1 heterocycles. The van der Waals surface area contributed by atoms with Crippen LogP contribution in [0.3, 0.4) is 0 Å². The third kappa shape index (κ3) is 2.67. The normalized spacial score (nSPS) is 12.4. The van der Waals surface area contributed by atoms with Crippen molar-refractivity contribution in [1.29, 1.82) is 0 Å². The van der Waals surface area contributed by atoms with Crippen molar-refractivity contribution in [3.63, 3.8) is 0 Å². The number of nitrogens with two attached hydrogens (primary N) is 2. The maximum atomic E-state index is 5.91. The van der Waals surface area contributed by atoms with Gasteiger partial charge in [-0.25, -0.2) is 4.98 Å². The second kappa shape index (κ2) is 5.77. The highest BCUT2D eigenvalue weighted by atomic mass is 32.1. The molecule has 1 atom stereocenters. The summed E-state index contributed by atoms with van der Waals surface area (Å²) in [6, 6.07) is 15.8. The molecule has 112 valence electrons. The standard InChI is InChI=1S/C17H18N4S/c1-11(16(19)22)10-21-15-8-3-2-7-14(15)20-17(21)12-5-4-6-13(18)9-12/h2-9,11H,10,18H2,1H3,(H2,19,22). The van der Waals surface area contributed by atoms with Crippen LogP contribution in [0.15, 0.2) is 48.5 Å². The molecule has 1 unspecified atom stereocenters. The lowest BCUT2D eigenvalue weighted by Crippen LogP contribution is -2.23. The number of anilines is 1. The zero-order valence-corrected chi connectivity index (χ0v) is 13.2. The Labute approximate surface area is 134 Å². The van der Waals surface area contributed by atoms with Gasteiger partial charge in [-0.2, -0.15) is 0 Å². The average molecular weight is 310 g/mol. The van der Waals surface area contributed by atoms with E-state index in [1.54, 1.807) is 0 Å². The number of aromatic nitrogens is 2. The first kappa shape index (κ1) is 14.5. The largest absolute Gasteiger partial charge is 0.399 e. The molecule has 0 aliphatic carbocycles. The van der Waals surface area contributed by atoms with E-state index in [-0.39, 0.29) is 5.92 Å². The third-order valence-corrected chi connectivity index (χ3v) is 4.14. The summed E-state index contributed by atoms with van der Waals surface area (Å²) in [7, 11) is 0. The summed E-state index contributed by atoms with van der Waals surface area (Å²) in [6.07, 6.45) is 0. The van der Waals surface area contributed by atoms with E-state index in [1.165, 1.54) is 0 Å². The lowest BCUT2D eigenvalue weighted by Gasteiger charge is -2.14. The fourth-order valence-electron chi connectivity index (χ4n) is 2.52. The highest BCUT2D eigenvalue weighted by Gasteiger charge is 2.15. The molecule has 3 rings (SSSR count). The van der Waals surface area contributed by atoms with E-state index in [0.717, 1.165) is 28.1 Å². The molecule has 0 saturated carbocycles. The van der Waals surface area contributed by atoms with Crippen LogP contribution in [0.2, 0.25) is 0 Å². The van der Waals surface area contributed by atoms with Crippen molar-refractivity contribution in [3.8, 4) is 11.4 Å². The number of nitrogens with zero attached hydrogens (tertiary/aromatic N) is 2. The minimum atomic E-state index is 0.0902. The maximum Gasteiger partial charge on any atom is 0.141 e. The number of benzene rings is 2. The zero-order valence-electron chi connectivity index (χ0n) is 12.4. The van der Waals surface area contributed by atoms with Crippen LogP contribution >= 0.6 is 12.2 Å². The number of nitrogen functional groups attached to an aromatic ring is 1. The summed E-state index contributed by atoms with van der Waals surface area (Å²) in [5.74, 6) is 0.976. The van der Waals surface area contributed by atoms with Crippen LogP contribution in [-0.2, 0) is 6.54 Å². The van der Waals surface area contributed by atoms with Gasteiger partial charge in [-0.3, -0.25) is 0 Å². The number of fused-ring (bicyclic) bond motifs is 1. The van der Waals surface area contributed by atoms with Crippen LogP contribution in [0.5, 0.6) is 0 Å². The van der Waals surface area contributed by atoms with Crippen LogP contribution < -0.4 is 11.5 Å². The first-order valence-electron chi connectivity index (χ1n) is 7.17. The van der Waals surface area contributed by atoms with Gasteiger partial charge in [-0.1, -0.05) is 43.4 Å². The van der Waals surface area contributed by atoms with Crippen molar-refractivity contribution >= 4 is 33.9 Å². The first-order valence-corrected chi connectivity index (χ1v) is 7.57. The third-order valence-electron chi connectivity index (χ3n) is 3.74. The summed E-state index contributed by atoms with van der Waals surface area (Å²) in [6.45, 7) is 2.72. The number of hydrogen-bond acceptors (Lipinski definition) is 3. The van der Waals surface area contributed by atoms with Gasteiger partial charge in [0.2, 0.25) is 0 Å². The summed E-state index contributed by atoms with van der Waals surface area (Å²) >= 11 is 5.12. The molecule has 3 aromatic rings. The van der Waals surface area contributed by atoms with Crippen LogP contribution in [0, 0.1) is 5.92 Å². The molecule has 2 aromatic carbocycles. The highest BCUT2D eigenvalue weighted by Crippen LogP contribution is 2.27. The Kier molecular flexibility index (Phi) is 3.81. The summed E-state index contributed by atoms with van der Waals surface area (Å²) in [5, 5.41) is 0. The van der Waals surface area contributed by atoms with E-state index in [9.17, 15) is 0 Å². The first-order chi connectivity index (χ1) is 10.6. The van der Waals surface area contributed by atoms with Crippen molar-refractivity contribution in [2.24, 2.45) is 11.7 Å². The Morgan fingerprint density at radius 1 is 1.23 bits per heavy atom. The number of rotatable bonds is 4. The maximum absolute atomic E-state index is 5.91. The Morgan fingerprint density at radius 3 is 2.73 bits per heavy atom. The molecule has 1 aromatic heterocycles. The topological polar surface area (TPSA) is 69.9 Å². The molecule has 0 aliphatic heterocycles. The van der Waals surface area contributed by atoms with E-state index in [1.807, 2.05) is 49.4 Å². The Hall–Kier alpha value is -2.40. The average Bonchev–Trinajstić information content (AvgIpc) is 2.86. The molecule has 22 heavy (non-hydrogen) atoms. The molecule has 5 heteroatoms. The molecule has 0 saturated heterocycles. The summed E-state index contributed by atoms with van der Waals surface area (Å²) in [4.78, 5) is 5.27. The monoisotopic (exact) mass is 310 g/mol. The van der Waals surface area contributed by atoms with E-state index in [4.69, 9.17) is 28.7 Å². The smallest absolute Gasteiger partial charge is 0.141 e. The van der Waals surface area contributed by atoms with Crippen LogP contribution in [0.4, 0.5) is 5.69 Å². The lowest BCUT2D eigenvalue weighted by molar-refractivity contribution is 0.617. The minimum Gasteiger partial charge on any atom is -0.399 e. The molecule has 0 fully saturated rings. The van der Waals surface area contributed by atoms with Gasteiger partial charge < -0.3 is 16.0 Å². The van der Waals surface area contributed by atoms with Crippen LogP contribution in [-0.4, -0.2) is 14.5 Å². The molecule has 0 aliphatic rings. The van der Waals surface area contributed by atoms with Crippen molar-refractivity contribution in [2.75, 3.05) is 5.73 Å². The molecular formula is C17H18N4S. The minimum absolute atomic E-state index is 0.0902. The SMILES string of the molecule is CC(Cn1c(-c2cccc(N)c2)nc2ccccc21)C(N)=S. The predicted octanol–water partition coefficient (Wildman–Crippen LogP) is 3.21. The quantitative estimate of drug-likeness (QED) is 0.573. The zero-order chi connectivity index (χ0) is 15.7. The predicted molar refractivity (Wildman–Crippen MR) is 95.5 cm³/mol. The fraction of sp³-hybridized carbons (Fsp3) is 0.176. The van der Waals surface area contributed by atoms with Gasteiger partial charge in [0.15, 0.2) is 0 Å². The molecule has 4 N–H and O–H groups in total. The summed E-state index contributed by atoms with van der Waals surface area (Å²) in [5.41, 5.74) is 15.4. The van der Waals surface area contributed by atoms with Gasteiger partial charge in [-0.05, 0) is 24.3 Å². The van der Waals surface area contributed by atoms with E-state index < -0.39 is 0 Å². The van der Waals surface area contributed by atoms with E-state index >= 15 is 0 Å². The van der Waals surface area contributed by atoms with Crippen LogP contribution in [0.1, 0.15) is 6.92 Å². The van der Waals surface area contributed by atoms with Crippen molar-refractivity contribution in [1.82, 2.24) is 9.55 Å². The fourth-order valence-corrected chi connectivity index (χ4v) is 2.60. The highest BCUT2D eigenvalue weighted by molar-refractivity contribution is 7.80. The van der Waals surface area contributed by atoms with Gasteiger partial charge in [0.1, 0.15) is 5.82 Å². The van der Waals surface area contributed by atoms with Gasteiger partial charge in [0, 0.05) is 23.7 Å². The van der Waals surface area contributed by atoms with Gasteiger partial charge in [0.05, 0.1) is 16.0 Å². The van der Waals surface area contributed by atoms with Gasteiger partial charge >= 0.3 is 0 Å². The number of hydrogen-bond donors (Lipinski definition) is 2. The van der Waals surface area contributed by atoms with Crippen molar-refractivity contribution in [2.45, 2.75) is 13.5 Å². The second-order valence-electron chi connectivity index (χ2n) is 5.46. The number of thiocarbonyl (C=S) groups is 1. The Morgan fingerprint density at radius 2 is 2.00 bits per heavy atom. The van der Waals surface area contributed by atoms with Gasteiger partial charge in [-0.15, -0.1) is 0 Å². The molecule has 0 radical (unpaired) electrons. The van der Waals surface area contributed by atoms with E-state index in [0.29, 0.717) is 11.5 Å². The molecule has 0 spiro atoms. The molecule has 0 amide bonds. The Balaban J connectivity index is 2.18. The van der Waals surface area contributed by atoms with Crippen LogP contribution in [0.25, 0.3) is 22.4 Å². The van der Waals surface area contributed by atoms with E-state index in [2.05, 4.69) is 10.6 Å².